The van der Waals surface area contributed by atoms with E-state index in [1.807, 2.05) is 66.9 Å². The zero-order chi connectivity index (χ0) is 24.4. The van der Waals surface area contributed by atoms with Crippen LogP contribution in [0.25, 0.3) is 11.3 Å². The maximum Gasteiger partial charge on any atom is 0.261 e. The van der Waals surface area contributed by atoms with Crippen LogP contribution in [0.15, 0.2) is 78.2 Å². The molecule has 0 spiro atoms. The van der Waals surface area contributed by atoms with Crippen LogP contribution in [0, 0.1) is 6.92 Å². The van der Waals surface area contributed by atoms with Gasteiger partial charge < -0.3 is 5.32 Å². The Morgan fingerprint density at radius 1 is 0.914 bits per heavy atom. The normalized spacial score (nSPS) is 12.7. The molecular weight excluding hydrogens is 458 g/mol. The average molecular weight is 482 g/mol. The number of imide groups is 1. The minimum absolute atomic E-state index is 0.204. The van der Waals surface area contributed by atoms with Crippen molar-refractivity contribution in [2.75, 3.05) is 6.54 Å². The van der Waals surface area contributed by atoms with Crippen LogP contribution in [0.2, 0.25) is 0 Å². The van der Waals surface area contributed by atoms with Crippen LogP contribution in [0.5, 0.6) is 0 Å². The van der Waals surface area contributed by atoms with Crippen LogP contribution in [0.3, 0.4) is 0 Å². The van der Waals surface area contributed by atoms with E-state index < -0.39 is 0 Å². The van der Waals surface area contributed by atoms with Crippen LogP contribution in [-0.4, -0.2) is 34.2 Å². The molecule has 3 aromatic carbocycles. The number of rotatable bonds is 7. The quantitative estimate of drug-likeness (QED) is 0.381. The van der Waals surface area contributed by atoms with E-state index in [1.54, 1.807) is 23.5 Å². The summed E-state index contributed by atoms with van der Waals surface area (Å²) >= 11 is 1.63. The second-order valence-electron chi connectivity index (χ2n) is 8.40. The highest BCUT2D eigenvalue weighted by Gasteiger charge is 2.35. The zero-order valence-electron chi connectivity index (χ0n) is 19.2. The smallest absolute Gasteiger partial charge is 0.261 e. The Hall–Kier alpha value is -4.10. The van der Waals surface area contributed by atoms with Gasteiger partial charge in [0.25, 0.3) is 17.7 Å². The molecule has 0 atom stereocenters. The maximum atomic E-state index is 12.9. The first-order valence-electron chi connectivity index (χ1n) is 11.3. The maximum absolute atomic E-state index is 12.9. The first kappa shape index (κ1) is 22.7. The summed E-state index contributed by atoms with van der Waals surface area (Å²) in [6.07, 6.45) is 0.676. The van der Waals surface area contributed by atoms with Crippen LogP contribution in [0.4, 0.5) is 0 Å². The Balaban J connectivity index is 1.20. The van der Waals surface area contributed by atoms with E-state index in [1.165, 1.54) is 11.0 Å². The van der Waals surface area contributed by atoms with Crippen LogP contribution >= 0.6 is 11.3 Å². The molecule has 0 fully saturated rings. The molecule has 174 valence electrons. The Bertz CT molecular complexity index is 1410. The number of hydrogen-bond donors (Lipinski definition) is 1. The Morgan fingerprint density at radius 3 is 2.37 bits per heavy atom. The van der Waals surface area contributed by atoms with Crippen molar-refractivity contribution in [2.24, 2.45) is 0 Å². The molecule has 0 saturated carbocycles. The number of aryl methyl sites for hydroxylation is 1. The van der Waals surface area contributed by atoms with Gasteiger partial charge in [-0.15, -0.1) is 11.3 Å². The van der Waals surface area contributed by atoms with Gasteiger partial charge in [-0.3, -0.25) is 19.3 Å². The number of carbonyl (C=O) groups excluding carboxylic acids is 3. The number of amides is 3. The van der Waals surface area contributed by atoms with Gasteiger partial charge in [-0.25, -0.2) is 4.98 Å². The average Bonchev–Trinajstić information content (AvgIpc) is 3.42. The predicted octanol–water partition coefficient (Wildman–Crippen LogP) is 4.89. The van der Waals surface area contributed by atoms with E-state index in [2.05, 4.69) is 10.3 Å². The molecule has 1 aliphatic rings. The van der Waals surface area contributed by atoms with Gasteiger partial charge in [0.2, 0.25) is 0 Å². The molecule has 1 aliphatic heterocycles. The first-order chi connectivity index (χ1) is 17.0. The molecule has 0 aliphatic carbocycles. The Labute approximate surface area is 207 Å². The fraction of sp³-hybridized carbons (Fsp3) is 0.143. The molecule has 5 rings (SSSR count). The van der Waals surface area contributed by atoms with E-state index in [4.69, 9.17) is 0 Å². The summed E-state index contributed by atoms with van der Waals surface area (Å²) in [5, 5.41) is 5.98. The number of nitrogens with zero attached hydrogens (tertiary/aromatic N) is 2. The van der Waals surface area contributed by atoms with Crippen molar-refractivity contribution < 1.29 is 14.4 Å². The molecule has 0 unspecified atom stereocenters. The molecule has 2 heterocycles. The molecule has 4 aromatic rings. The van der Waals surface area contributed by atoms with E-state index in [9.17, 15) is 14.4 Å². The van der Waals surface area contributed by atoms with Gasteiger partial charge in [0, 0.05) is 23.1 Å². The number of benzene rings is 3. The predicted molar refractivity (Wildman–Crippen MR) is 135 cm³/mol. The molecular formula is C28H23N3O3S. The fourth-order valence-electron chi connectivity index (χ4n) is 4.10. The largest absolute Gasteiger partial charge is 0.352 e. The highest BCUT2D eigenvalue weighted by molar-refractivity contribution is 7.09. The van der Waals surface area contributed by atoms with Crippen molar-refractivity contribution in [1.82, 2.24) is 15.2 Å². The molecule has 1 aromatic heterocycles. The molecule has 0 radical (unpaired) electrons. The summed E-state index contributed by atoms with van der Waals surface area (Å²) in [4.78, 5) is 44.1. The van der Waals surface area contributed by atoms with Gasteiger partial charge in [-0.05, 0) is 42.7 Å². The lowest BCUT2D eigenvalue weighted by Crippen LogP contribution is -2.29. The van der Waals surface area contributed by atoms with E-state index in [-0.39, 0.29) is 29.8 Å². The van der Waals surface area contributed by atoms with Crippen LogP contribution in [0.1, 0.15) is 47.2 Å². The third-order valence-electron chi connectivity index (χ3n) is 5.98. The lowest BCUT2D eigenvalue weighted by atomic mass is 10.0. The number of nitrogens with one attached hydrogen (secondary N) is 1. The van der Waals surface area contributed by atoms with Gasteiger partial charge in [-0.2, -0.15) is 0 Å². The molecule has 6 nitrogen and oxygen atoms in total. The minimum Gasteiger partial charge on any atom is -0.352 e. The van der Waals surface area contributed by atoms with Crippen molar-refractivity contribution in [1.29, 1.82) is 0 Å². The van der Waals surface area contributed by atoms with Gasteiger partial charge in [0.05, 0.1) is 28.4 Å². The number of hydrogen-bond acceptors (Lipinski definition) is 5. The standard InChI is InChI=1S/C28H23N3O3S/c1-18-30-25(17-35-18)21-9-7-19(8-10-21)13-14-29-26(32)22-11-12-23-24(15-22)28(34)31(27(23)33)16-20-5-3-2-4-6-20/h2-12,15,17H,13-14,16H2,1H3,(H,29,32). The summed E-state index contributed by atoms with van der Waals surface area (Å²) in [6.45, 7) is 2.65. The van der Waals surface area contributed by atoms with Crippen molar-refractivity contribution in [2.45, 2.75) is 19.9 Å². The summed E-state index contributed by atoms with van der Waals surface area (Å²) in [5.41, 5.74) is 4.98. The van der Waals surface area contributed by atoms with Crippen molar-refractivity contribution in [3.63, 3.8) is 0 Å². The SMILES string of the molecule is Cc1nc(-c2ccc(CCNC(=O)c3ccc4c(c3)C(=O)N(Cc3ccccc3)C4=O)cc2)cs1. The highest BCUT2D eigenvalue weighted by Crippen LogP contribution is 2.26. The highest BCUT2D eigenvalue weighted by atomic mass is 32.1. The summed E-state index contributed by atoms with van der Waals surface area (Å²) in [6, 6.07) is 22.2. The molecule has 7 heteroatoms. The molecule has 0 bridgehead atoms. The number of carbonyl (C=O) groups is 3. The lowest BCUT2D eigenvalue weighted by Gasteiger charge is -2.13. The van der Waals surface area contributed by atoms with E-state index in [0.717, 1.165) is 27.4 Å². The minimum atomic E-state index is -0.376. The Morgan fingerprint density at radius 2 is 1.66 bits per heavy atom. The van der Waals surface area contributed by atoms with Gasteiger partial charge in [-0.1, -0.05) is 54.6 Å². The summed E-state index contributed by atoms with van der Waals surface area (Å²) < 4.78 is 0. The molecule has 0 saturated heterocycles. The second-order valence-corrected chi connectivity index (χ2v) is 9.46. The van der Waals surface area contributed by atoms with Crippen molar-refractivity contribution in [3.05, 3.63) is 111 Å². The first-order valence-corrected chi connectivity index (χ1v) is 12.2. The third kappa shape index (κ3) is 4.76. The number of fused-ring (bicyclic) bond motifs is 1. The van der Waals surface area contributed by atoms with Gasteiger partial charge in [0.15, 0.2) is 0 Å². The van der Waals surface area contributed by atoms with E-state index in [0.29, 0.717) is 24.1 Å². The zero-order valence-corrected chi connectivity index (χ0v) is 20.0. The summed E-state index contributed by atoms with van der Waals surface area (Å²) in [5.74, 6) is -0.986. The third-order valence-corrected chi connectivity index (χ3v) is 6.76. The second kappa shape index (κ2) is 9.64. The monoisotopic (exact) mass is 481 g/mol. The van der Waals surface area contributed by atoms with Crippen LogP contribution < -0.4 is 5.32 Å². The summed E-state index contributed by atoms with van der Waals surface area (Å²) in [7, 11) is 0. The molecule has 3 amide bonds. The number of thiazole rings is 1. The van der Waals surface area contributed by atoms with Gasteiger partial charge >= 0.3 is 0 Å². The topological polar surface area (TPSA) is 79.4 Å². The molecule has 35 heavy (non-hydrogen) atoms. The number of aromatic nitrogens is 1. The fourth-order valence-corrected chi connectivity index (χ4v) is 4.72. The molecule has 1 N–H and O–H groups in total. The van der Waals surface area contributed by atoms with Crippen molar-refractivity contribution >= 4 is 29.1 Å². The van der Waals surface area contributed by atoms with Crippen LogP contribution in [-0.2, 0) is 13.0 Å². The van der Waals surface area contributed by atoms with Crippen molar-refractivity contribution in [3.8, 4) is 11.3 Å². The van der Waals surface area contributed by atoms with E-state index >= 15 is 0 Å². The van der Waals surface area contributed by atoms with Gasteiger partial charge in [0.1, 0.15) is 0 Å². The Kier molecular flexibility index (Phi) is 6.25. The lowest BCUT2D eigenvalue weighted by molar-refractivity contribution is 0.0642.